The molecule has 72 valence electrons. The second-order valence-corrected chi connectivity index (χ2v) is 4.42. The van der Waals surface area contributed by atoms with Crippen LogP contribution in [-0.4, -0.2) is 10.2 Å². The van der Waals surface area contributed by atoms with Gasteiger partial charge in [-0.05, 0) is 12.1 Å². The highest BCUT2D eigenvalue weighted by Crippen LogP contribution is 2.30. The topological polar surface area (TPSA) is 28.7 Å². The van der Waals surface area contributed by atoms with Crippen LogP contribution in [0.2, 0.25) is 10.2 Å². The van der Waals surface area contributed by atoms with Gasteiger partial charge in [0, 0.05) is 21.1 Å². The molecule has 5 heteroatoms. The van der Waals surface area contributed by atoms with Crippen molar-refractivity contribution >= 4 is 39.1 Å². The second kappa shape index (κ2) is 3.93. The minimum atomic E-state index is 0.516. The molecule has 2 rings (SSSR count). The first-order chi connectivity index (χ1) is 6.66. The van der Waals surface area contributed by atoms with Crippen molar-refractivity contribution in [2.75, 3.05) is 0 Å². The van der Waals surface area contributed by atoms with Crippen LogP contribution < -0.4 is 0 Å². The maximum absolute atomic E-state index is 5.83. The summed E-state index contributed by atoms with van der Waals surface area (Å²) in [6, 6.07) is 7.28. The van der Waals surface area contributed by atoms with Gasteiger partial charge in [-0.3, -0.25) is 5.10 Å². The Labute approximate surface area is 99.4 Å². The number of benzene rings is 1. The summed E-state index contributed by atoms with van der Waals surface area (Å²) in [5, 5.41) is 7.92. The number of nitrogens with zero attached hydrogens (tertiary/aromatic N) is 1. The van der Waals surface area contributed by atoms with Crippen molar-refractivity contribution in [2.45, 2.75) is 0 Å². The number of rotatable bonds is 1. The lowest BCUT2D eigenvalue weighted by atomic mass is 10.2. The summed E-state index contributed by atoms with van der Waals surface area (Å²) >= 11 is 15.0. The average molecular weight is 292 g/mol. The summed E-state index contributed by atoms with van der Waals surface area (Å²) in [7, 11) is 0. The van der Waals surface area contributed by atoms with E-state index in [-0.39, 0.29) is 0 Å². The molecular weight excluding hydrogens is 287 g/mol. The van der Waals surface area contributed by atoms with Crippen LogP contribution in [0.3, 0.4) is 0 Å². The van der Waals surface area contributed by atoms with E-state index >= 15 is 0 Å². The molecule has 1 N–H and O–H groups in total. The molecule has 0 fully saturated rings. The van der Waals surface area contributed by atoms with Gasteiger partial charge in [0.15, 0.2) is 0 Å². The summed E-state index contributed by atoms with van der Waals surface area (Å²) in [5.41, 5.74) is 1.75. The van der Waals surface area contributed by atoms with E-state index in [1.54, 1.807) is 6.07 Å². The van der Waals surface area contributed by atoms with Crippen molar-refractivity contribution in [2.24, 2.45) is 0 Å². The highest BCUT2D eigenvalue weighted by Gasteiger charge is 2.06. The molecule has 0 aliphatic carbocycles. The normalized spacial score (nSPS) is 10.5. The first-order valence-corrected chi connectivity index (χ1v) is 5.38. The van der Waals surface area contributed by atoms with E-state index in [4.69, 9.17) is 23.2 Å². The Kier molecular flexibility index (Phi) is 2.81. The quantitative estimate of drug-likeness (QED) is 0.840. The lowest BCUT2D eigenvalue weighted by molar-refractivity contribution is 1.09. The highest BCUT2D eigenvalue weighted by atomic mass is 79.9. The van der Waals surface area contributed by atoms with Crippen molar-refractivity contribution in [3.63, 3.8) is 0 Å². The maximum atomic E-state index is 5.83. The van der Waals surface area contributed by atoms with Crippen molar-refractivity contribution in [1.29, 1.82) is 0 Å². The molecule has 0 bridgehead atoms. The van der Waals surface area contributed by atoms with Crippen LogP contribution in [0.15, 0.2) is 28.7 Å². The smallest absolute Gasteiger partial charge is 0.124 e. The Morgan fingerprint density at radius 1 is 1.21 bits per heavy atom. The number of aromatic amines is 1. The van der Waals surface area contributed by atoms with Crippen LogP contribution in [0, 0.1) is 0 Å². The highest BCUT2D eigenvalue weighted by molar-refractivity contribution is 9.10. The van der Waals surface area contributed by atoms with Gasteiger partial charge in [-0.1, -0.05) is 45.2 Å². The van der Waals surface area contributed by atoms with Gasteiger partial charge in [0.25, 0.3) is 0 Å². The molecule has 0 aliphatic heterocycles. The van der Waals surface area contributed by atoms with Gasteiger partial charge in [0.1, 0.15) is 5.15 Å². The van der Waals surface area contributed by atoms with Gasteiger partial charge in [-0.2, -0.15) is 5.10 Å². The zero-order valence-corrected chi connectivity index (χ0v) is 9.99. The molecule has 0 radical (unpaired) electrons. The van der Waals surface area contributed by atoms with E-state index in [9.17, 15) is 0 Å². The third-order valence-corrected chi connectivity index (χ3v) is 2.84. The van der Waals surface area contributed by atoms with Crippen molar-refractivity contribution in [1.82, 2.24) is 10.2 Å². The Morgan fingerprint density at radius 3 is 2.57 bits per heavy atom. The minimum Gasteiger partial charge on any atom is -0.267 e. The molecule has 2 aromatic rings. The molecule has 0 atom stereocenters. The number of aromatic nitrogens is 2. The van der Waals surface area contributed by atoms with Crippen molar-refractivity contribution in [3.8, 4) is 11.3 Å². The van der Waals surface area contributed by atoms with Crippen molar-refractivity contribution < 1.29 is 0 Å². The average Bonchev–Trinajstić information content (AvgIpc) is 2.51. The molecule has 2 nitrogen and oxygen atoms in total. The number of hydrogen-bond donors (Lipinski definition) is 1. The van der Waals surface area contributed by atoms with Gasteiger partial charge in [-0.25, -0.2) is 0 Å². The van der Waals surface area contributed by atoms with Gasteiger partial charge in [-0.15, -0.1) is 0 Å². The van der Waals surface area contributed by atoms with Crippen LogP contribution >= 0.6 is 39.1 Å². The third-order valence-electron chi connectivity index (χ3n) is 1.75. The fourth-order valence-corrected chi connectivity index (χ4v) is 2.16. The van der Waals surface area contributed by atoms with Gasteiger partial charge in [0.05, 0.1) is 5.69 Å². The Morgan fingerprint density at radius 2 is 2.00 bits per heavy atom. The van der Waals surface area contributed by atoms with Crippen LogP contribution in [0.25, 0.3) is 11.3 Å². The molecule has 14 heavy (non-hydrogen) atoms. The predicted molar refractivity (Wildman–Crippen MR) is 61.7 cm³/mol. The summed E-state index contributed by atoms with van der Waals surface area (Å²) < 4.78 is 0.896. The minimum absolute atomic E-state index is 0.516. The predicted octanol–water partition coefficient (Wildman–Crippen LogP) is 4.15. The fraction of sp³-hybridized carbons (Fsp3) is 0. The summed E-state index contributed by atoms with van der Waals surface area (Å²) in [5.74, 6) is 0. The molecule has 1 heterocycles. The molecule has 0 amide bonds. The molecule has 0 saturated carbocycles. The molecule has 0 aliphatic rings. The van der Waals surface area contributed by atoms with Crippen LogP contribution in [0.1, 0.15) is 0 Å². The molecule has 0 spiro atoms. The first-order valence-electron chi connectivity index (χ1n) is 3.83. The molecule has 1 aromatic heterocycles. The largest absolute Gasteiger partial charge is 0.267 e. The standard InChI is InChI=1S/C9H5BrCl2N2/c10-7-3-5(11)1-2-6(7)8-4-9(12)14-13-8/h1-4H,(H,13,14). The second-order valence-electron chi connectivity index (χ2n) is 2.73. The van der Waals surface area contributed by atoms with Crippen molar-refractivity contribution in [3.05, 3.63) is 38.9 Å². The van der Waals surface area contributed by atoms with Gasteiger partial charge < -0.3 is 0 Å². The lowest BCUT2D eigenvalue weighted by Gasteiger charge is -2.00. The fourth-order valence-electron chi connectivity index (χ4n) is 1.13. The zero-order valence-electron chi connectivity index (χ0n) is 6.89. The van der Waals surface area contributed by atoms with E-state index in [1.165, 1.54) is 0 Å². The Bertz CT molecular complexity index is 468. The summed E-state index contributed by atoms with van der Waals surface area (Å²) in [6.07, 6.45) is 0. The number of nitrogens with one attached hydrogen (secondary N) is 1. The Balaban J connectivity index is 2.52. The molecule has 0 unspecified atom stereocenters. The molecule has 1 aromatic carbocycles. The van der Waals surface area contributed by atoms with E-state index in [1.807, 2.05) is 18.2 Å². The Hall–Kier alpha value is -0.510. The van der Waals surface area contributed by atoms with Crippen LogP contribution in [-0.2, 0) is 0 Å². The number of H-pyrrole nitrogens is 1. The van der Waals surface area contributed by atoms with Gasteiger partial charge in [0.2, 0.25) is 0 Å². The van der Waals surface area contributed by atoms with Crippen LogP contribution in [0.4, 0.5) is 0 Å². The number of halogens is 3. The summed E-state index contributed by atoms with van der Waals surface area (Å²) in [6.45, 7) is 0. The van der Waals surface area contributed by atoms with E-state index in [0.717, 1.165) is 15.7 Å². The van der Waals surface area contributed by atoms with E-state index < -0.39 is 0 Å². The third kappa shape index (κ3) is 1.95. The lowest BCUT2D eigenvalue weighted by Crippen LogP contribution is -1.79. The monoisotopic (exact) mass is 290 g/mol. The molecule has 0 saturated heterocycles. The summed E-state index contributed by atoms with van der Waals surface area (Å²) in [4.78, 5) is 0. The first kappa shape index (κ1) is 10.0. The van der Waals surface area contributed by atoms with Gasteiger partial charge >= 0.3 is 0 Å². The number of hydrogen-bond acceptors (Lipinski definition) is 1. The molecular formula is C9H5BrCl2N2. The maximum Gasteiger partial charge on any atom is 0.124 e. The van der Waals surface area contributed by atoms with E-state index in [2.05, 4.69) is 26.1 Å². The van der Waals surface area contributed by atoms with E-state index in [0.29, 0.717) is 10.2 Å². The zero-order chi connectivity index (χ0) is 10.1. The van der Waals surface area contributed by atoms with Crippen LogP contribution in [0.5, 0.6) is 0 Å². The SMILES string of the molecule is Clc1ccc(-c2cc(Cl)[nH]n2)c(Br)c1.